The van der Waals surface area contributed by atoms with Crippen molar-refractivity contribution in [2.24, 2.45) is 0 Å². The predicted molar refractivity (Wildman–Crippen MR) is 55.9 cm³/mol. The zero-order valence-corrected chi connectivity index (χ0v) is 8.76. The second-order valence-electron chi connectivity index (χ2n) is 3.65. The number of aliphatic hydroxyl groups excluding tert-OH is 1. The molecule has 0 saturated carbocycles. The molecule has 1 rings (SSSR count). The van der Waals surface area contributed by atoms with Crippen molar-refractivity contribution in [1.82, 2.24) is 4.90 Å². The Hall–Kier alpha value is -0.0500. The molecule has 0 bridgehead atoms. The first-order chi connectivity index (χ1) is 6.24. The molecule has 1 saturated heterocycles. The van der Waals surface area contributed by atoms with Gasteiger partial charge in [-0.2, -0.15) is 0 Å². The van der Waals surface area contributed by atoms with E-state index in [1.165, 1.54) is 12.8 Å². The van der Waals surface area contributed by atoms with E-state index in [1.807, 2.05) is 0 Å². The Bertz CT molecular complexity index is 172. The normalized spacial score (nSPS) is 23.7. The molecule has 1 aliphatic rings. The summed E-state index contributed by atoms with van der Waals surface area (Å²) in [7, 11) is 0. The molecule has 1 unspecified atom stereocenters. The minimum absolute atomic E-state index is 0.298. The maximum atomic E-state index is 8.73. The highest BCUT2D eigenvalue weighted by Gasteiger charge is 2.23. The molecule has 3 heteroatoms. The lowest BCUT2D eigenvalue weighted by molar-refractivity contribution is 0.229. The molecule has 0 spiro atoms. The zero-order chi connectivity index (χ0) is 9.68. The summed E-state index contributed by atoms with van der Waals surface area (Å²) in [6.07, 6.45) is 4.47. The third-order valence-electron chi connectivity index (χ3n) is 2.57. The third-order valence-corrected chi connectivity index (χ3v) is 2.69. The Morgan fingerprint density at radius 1 is 1.62 bits per heavy atom. The van der Waals surface area contributed by atoms with Crippen molar-refractivity contribution in [2.45, 2.75) is 31.7 Å². The largest absolute Gasteiger partial charge is 0.396 e. The van der Waals surface area contributed by atoms with Gasteiger partial charge in [0.1, 0.15) is 0 Å². The van der Waals surface area contributed by atoms with Crippen LogP contribution in [0.5, 0.6) is 0 Å². The van der Waals surface area contributed by atoms with Crippen LogP contribution >= 0.6 is 11.6 Å². The minimum atomic E-state index is 0.298. The van der Waals surface area contributed by atoms with Gasteiger partial charge in [0.05, 0.1) is 0 Å². The fourth-order valence-electron chi connectivity index (χ4n) is 1.98. The Labute approximate surface area is 85.2 Å². The average molecular weight is 204 g/mol. The van der Waals surface area contributed by atoms with Crippen LogP contribution in [-0.4, -0.2) is 35.7 Å². The van der Waals surface area contributed by atoms with Gasteiger partial charge >= 0.3 is 0 Å². The maximum Gasteiger partial charge on any atom is 0.0431 e. The van der Waals surface area contributed by atoms with Gasteiger partial charge in [-0.15, -0.1) is 0 Å². The summed E-state index contributed by atoms with van der Waals surface area (Å²) >= 11 is 5.77. The molecule has 1 heterocycles. The van der Waals surface area contributed by atoms with Crippen molar-refractivity contribution in [1.29, 1.82) is 0 Å². The molecular weight excluding hydrogens is 186 g/mol. The molecule has 1 N–H and O–H groups in total. The fourth-order valence-corrected chi connectivity index (χ4v) is 2.13. The van der Waals surface area contributed by atoms with Crippen molar-refractivity contribution >= 4 is 11.6 Å². The van der Waals surface area contributed by atoms with Crippen LogP contribution in [0.2, 0.25) is 0 Å². The number of aliphatic hydroxyl groups is 1. The van der Waals surface area contributed by atoms with Gasteiger partial charge in [-0.3, -0.25) is 4.90 Å². The van der Waals surface area contributed by atoms with E-state index in [2.05, 4.69) is 11.5 Å². The summed E-state index contributed by atoms with van der Waals surface area (Å²) < 4.78 is 0. The first kappa shape index (κ1) is 11.0. The van der Waals surface area contributed by atoms with Gasteiger partial charge in [-0.1, -0.05) is 18.2 Å². The highest BCUT2D eigenvalue weighted by Crippen LogP contribution is 2.22. The summed E-state index contributed by atoms with van der Waals surface area (Å²) in [6.45, 7) is 5.94. The van der Waals surface area contributed by atoms with Crippen molar-refractivity contribution in [3.05, 3.63) is 11.6 Å². The lowest BCUT2D eigenvalue weighted by Gasteiger charge is -2.23. The second kappa shape index (κ2) is 5.63. The van der Waals surface area contributed by atoms with Gasteiger partial charge in [-0.05, 0) is 32.2 Å². The summed E-state index contributed by atoms with van der Waals surface area (Å²) in [5.41, 5.74) is 0. The summed E-state index contributed by atoms with van der Waals surface area (Å²) in [4.78, 5) is 2.37. The smallest absolute Gasteiger partial charge is 0.0431 e. The second-order valence-corrected chi connectivity index (χ2v) is 4.18. The van der Waals surface area contributed by atoms with Crippen LogP contribution in [0.25, 0.3) is 0 Å². The summed E-state index contributed by atoms with van der Waals surface area (Å²) in [5, 5.41) is 9.45. The lowest BCUT2D eigenvalue weighted by atomic mass is 10.1. The summed E-state index contributed by atoms with van der Waals surface area (Å²) in [5.74, 6) is 0. The van der Waals surface area contributed by atoms with E-state index in [0.29, 0.717) is 12.6 Å². The predicted octanol–water partition coefficient (Wildman–Crippen LogP) is 1.98. The van der Waals surface area contributed by atoms with E-state index in [9.17, 15) is 0 Å². The van der Waals surface area contributed by atoms with Gasteiger partial charge in [0, 0.05) is 24.2 Å². The van der Waals surface area contributed by atoms with Crippen LogP contribution in [0.3, 0.4) is 0 Å². The van der Waals surface area contributed by atoms with E-state index in [4.69, 9.17) is 16.7 Å². The molecule has 13 heavy (non-hydrogen) atoms. The zero-order valence-electron chi connectivity index (χ0n) is 8.01. The number of halogens is 1. The Kier molecular flexibility index (Phi) is 4.78. The van der Waals surface area contributed by atoms with Crippen LogP contribution in [0.4, 0.5) is 0 Å². The van der Waals surface area contributed by atoms with Gasteiger partial charge < -0.3 is 5.11 Å². The molecule has 0 radical (unpaired) electrons. The van der Waals surface area contributed by atoms with Crippen molar-refractivity contribution in [2.75, 3.05) is 19.7 Å². The van der Waals surface area contributed by atoms with E-state index < -0.39 is 0 Å². The minimum Gasteiger partial charge on any atom is -0.396 e. The molecule has 2 nitrogen and oxygen atoms in total. The monoisotopic (exact) mass is 203 g/mol. The quantitative estimate of drug-likeness (QED) is 0.739. The first-order valence-electron chi connectivity index (χ1n) is 4.92. The molecule has 0 aliphatic carbocycles. The third kappa shape index (κ3) is 3.67. The SMILES string of the molecule is C=C(Cl)CN1CCCC1CCCO. The number of hydrogen-bond acceptors (Lipinski definition) is 2. The number of rotatable bonds is 5. The standard InChI is InChI=1S/C10H18ClNO/c1-9(11)8-12-6-2-4-10(12)5-3-7-13/h10,13H,1-8H2. The maximum absolute atomic E-state index is 8.73. The van der Waals surface area contributed by atoms with Crippen molar-refractivity contribution < 1.29 is 5.11 Å². The molecule has 0 aromatic rings. The molecule has 0 aromatic heterocycles. The van der Waals surface area contributed by atoms with Gasteiger partial charge in [-0.25, -0.2) is 0 Å². The molecule has 1 atom stereocenters. The molecule has 1 aliphatic heterocycles. The van der Waals surface area contributed by atoms with E-state index in [0.717, 1.165) is 31.0 Å². The van der Waals surface area contributed by atoms with Crippen LogP contribution in [0, 0.1) is 0 Å². The van der Waals surface area contributed by atoms with Crippen LogP contribution in [-0.2, 0) is 0 Å². The number of nitrogens with zero attached hydrogens (tertiary/aromatic N) is 1. The van der Waals surface area contributed by atoms with Crippen molar-refractivity contribution in [3.63, 3.8) is 0 Å². The highest BCUT2D eigenvalue weighted by atomic mass is 35.5. The van der Waals surface area contributed by atoms with E-state index >= 15 is 0 Å². The Morgan fingerprint density at radius 3 is 3.00 bits per heavy atom. The molecule has 76 valence electrons. The molecule has 0 amide bonds. The Balaban J connectivity index is 2.30. The molecule has 0 aromatic carbocycles. The van der Waals surface area contributed by atoms with Gasteiger partial charge in [0.25, 0.3) is 0 Å². The fraction of sp³-hybridized carbons (Fsp3) is 0.800. The highest BCUT2D eigenvalue weighted by molar-refractivity contribution is 6.29. The topological polar surface area (TPSA) is 23.5 Å². The molecular formula is C10H18ClNO. The van der Waals surface area contributed by atoms with Crippen LogP contribution < -0.4 is 0 Å². The first-order valence-corrected chi connectivity index (χ1v) is 5.30. The van der Waals surface area contributed by atoms with Crippen LogP contribution in [0.1, 0.15) is 25.7 Å². The van der Waals surface area contributed by atoms with Gasteiger partial charge in [0.15, 0.2) is 0 Å². The van der Waals surface area contributed by atoms with Crippen molar-refractivity contribution in [3.8, 4) is 0 Å². The van der Waals surface area contributed by atoms with Gasteiger partial charge in [0.2, 0.25) is 0 Å². The Morgan fingerprint density at radius 2 is 2.38 bits per heavy atom. The van der Waals surface area contributed by atoms with Crippen LogP contribution in [0.15, 0.2) is 11.6 Å². The molecule has 1 fully saturated rings. The lowest BCUT2D eigenvalue weighted by Crippen LogP contribution is -2.30. The average Bonchev–Trinajstić information content (AvgIpc) is 2.48. The number of likely N-dealkylation sites (tertiary alicyclic amines) is 1. The summed E-state index contributed by atoms with van der Waals surface area (Å²) in [6, 6.07) is 0.614. The van der Waals surface area contributed by atoms with E-state index in [-0.39, 0.29) is 0 Å². The number of hydrogen-bond donors (Lipinski definition) is 1. The van der Waals surface area contributed by atoms with E-state index in [1.54, 1.807) is 0 Å².